The molecule has 1 saturated heterocycles. The van der Waals surface area contributed by atoms with E-state index in [1.54, 1.807) is 6.92 Å². The quantitative estimate of drug-likeness (QED) is 0.551. The predicted octanol–water partition coefficient (Wildman–Crippen LogP) is 2.09. The number of hydrogen-bond acceptors (Lipinski definition) is 6. The van der Waals surface area contributed by atoms with Gasteiger partial charge < -0.3 is 18.6 Å². The van der Waals surface area contributed by atoms with Crippen LogP contribution < -0.4 is 0 Å². The summed E-state index contributed by atoms with van der Waals surface area (Å²) in [5.41, 5.74) is -1.03. The highest BCUT2D eigenvalue weighted by Crippen LogP contribution is 2.52. The molecule has 1 fully saturated rings. The molecule has 1 rings (SSSR count). The molecule has 0 bridgehead atoms. The SMILES string of the molecule is CC=COC(=O)OC1CCOS1(O)O. The second-order valence-corrected chi connectivity index (χ2v) is 4.37. The minimum absolute atomic E-state index is 0.157. The predicted molar refractivity (Wildman–Crippen MR) is 49.6 cm³/mol. The summed E-state index contributed by atoms with van der Waals surface area (Å²) in [6.45, 7) is 1.82. The highest BCUT2D eigenvalue weighted by atomic mass is 32.3. The first-order chi connectivity index (χ1) is 6.56. The fourth-order valence-electron chi connectivity index (χ4n) is 0.877. The van der Waals surface area contributed by atoms with E-state index in [1.165, 1.54) is 6.08 Å². The van der Waals surface area contributed by atoms with Gasteiger partial charge in [0.2, 0.25) is 5.44 Å². The normalized spacial score (nSPS) is 27.5. The largest absolute Gasteiger partial charge is 0.514 e. The summed E-state index contributed by atoms with van der Waals surface area (Å²) in [4.78, 5) is 10.9. The van der Waals surface area contributed by atoms with Crippen LogP contribution in [0.25, 0.3) is 0 Å². The first-order valence-electron chi connectivity index (χ1n) is 3.96. The molecular formula is C7H12O6S. The molecule has 1 aliphatic rings. The summed E-state index contributed by atoms with van der Waals surface area (Å²) < 4.78 is 32.1. The number of carbonyl (C=O) groups is 1. The molecule has 0 aromatic heterocycles. The number of ether oxygens (including phenoxy) is 2. The summed E-state index contributed by atoms with van der Waals surface area (Å²) in [5.74, 6) is 0. The van der Waals surface area contributed by atoms with Crippen LogP contribution in [0.4, 0.5) is 4.79 Å². The fourth-order valence-corrected chi connectivity index (χ4v) is 1.98. The number of allylic oxidation sites excluding steroid dienone is 1. The van der Waals surface area contributed by atoms with E-state index in [9.17, 15) is 13.9 Å². The first-order valence-corrected chi connectivity index (χ1v) is 5.49. The average molecular weight is 224 g/mol. The second-order valence-electron chi connectivity index (χ2n) is 2.53. The standard InChI is InChI=1S/C7H12O6S/c1-2-4-11-7(8)13-6-3-5-12-14(6,9)10/h2,4,6,9-10H,3,5H2,1H3. The molecule has 82 valence electrons. The third-order valence-electron chi connectivity index (χ3n) is 1.48. The van der Waals surface area contributed by atoms with Gasteiger partial charge in [0.25, 0.3) is 0 Å². The van der Waals surface area contributed by atoms with E-state index in [0.717, 1.165) is 6.26 Å². The van der Waals surface area contributed by atoms with E-state index in [1.807, 2.05) is 0 Å². The van der Waals surface area contributed by atoms with E-state index in [-0.39, 0.29) is 13.0 Å². The zero-order valence-corrected chi connectivity index (χ0v) is 8.40. The van der Waals surface area contributed by atoms with Crippen molar-refractivity contribution in [1.82, 2.24) is 0 Å². The molecule has 14 heavy (non-hydrogen) atoms. The summed E-state index contributed by atoms with van der Waals surface area (Å²) in [7, 11) is -3.25. The Bertz CT molecular complexity index is 238. The van der Waals surface area contributed by atoms with Crippen LogP contribution >= 0.6 is 10.9 Å². The fraction of sp³-hybridized carbons (Fsp3) is 0.571. The van der Waals surface area contributed by atoms with Crippen molar-refractivity contribution >= 4 is 17.0 Å². The van der Waals surface area contributed by atoms with Gasteiger partial charge in [0.1, 0.15) is 10.9 Å². The maximum atomic E-state index is 10.9. The summed E-state index contributed by atoms with van der Waals surface area (Å²) >= 11 is 0. The van der Waals surface area contributed by atoms with Crippen molar-refractivity contribution in [2.45, 2.75) is 18.8 Å². The van der Waals surface area contributed by atoms with Gasteiger partial charge in [0.05, 0.1) is 12.9 Å². The molecule has 0 saturated carbocycles. The van der Waals surface area contributed by atoms with E-state index in [0.29, 0.717) is 0 Å². The Morgan fingerprint density at radius 3 is 2.86 bits per heavy atom. The van der Waals surface area contributed by atoms with Gasteiger partial charge in [0.15, 0.2) is 0 Å². The number of hydrogen-bond donors (Lipinski definition) is 2. The van der Waals surface area contributed by atoms with Crippen LogP contribution in [-0.2, 0) is 13.7 Å². The Kier molecular flexibility index (Phi) is 3.76. The Balaban J connectivity index is 2.40. The molecule has 0 spiro atoms. The lowest BCUT2D eigenvalue weighted by Gasteiger charge is -2.25. The third-order valence-corrected chi connectivity index (χ3v) is 3.01. The molecule has 0 radical (unpaired) electrons. The molecule has 1 heterocycles. The molecule has 0 amide bonds. The van der Waals surface area contributed by atoms with Crippen molar-refractivity contribution in [3.8, 4) is 0 Å². The molecule has 0 aliphatic carbocycles. The minimum atomic E-state index is -3.25. The molecule has 7 heteroatoms. The van der Waals surface area contributed by atoms with Gasteiger partial charge in [-0.05, 0) is 6.92 Å². The van der Waals surface area contributed by atoms with Crippen molar-refractivity contribution in [1.29, 1.82) is 0 Å². The van der Waals surface area contributed by atoms with Gasteiger partial charge in [-0.2, -0.15) is 0 Å². The number of rotatable bonds is 2. The summed E-state index contributed by atoms with van der Waals surface area (Å²) in [6, 6.07) is 0. The van der Waals surface area contributed by atoms with Crippen LogP contribution in [0, 0.1) is 0 Å². The minimum Gasteiger partial charge on any atom is -0.414 e. The van der Waals surface area contributed by atoms with Crippen LogP contribution in [0.1, 0.15) is 13.3 Å². The van der Waals surface area contributed by atoms with Gasteiger partial charge >= 0.3 is 6.16 Å². The molecule has 1 atom stereocenters. The van der Waals surface area contributed by atoms with Gasteiger partial charge in [-0.25, -0.2) is 4.79 Å². The zero-order valence-electron chi connectivity index (χ0n) is 7.58. The van der Waals surface area contributed by atoms with Crippen LogP contribution in [0.15, 0.2) is 12.3 Å². The topological polar surface area (TPSA) is 85.2 Å². The van der Waals surface area contributed by atoms with Crippen molar-refractivity contribution in [2.75, 3.05) is 6.61 Å². The zero-order chi connectivity index (χ0) is 10.6. The lowest BCUT2D eigenvalue weighted by atomic mass is 10.5. The molecule has 6 nitrogen and oxygen atoms in total. The molecule has 0 aromatic rings. The van der Waals surface area contributed by atoms with Gasteiger partial charge in [-0.3, -0.25) is 4.18 Å². The van der Waals surface area contributed by atoms with E-state index >= 15 is 0 Å². The van der Waals surface area contributed by atoms with Crippen molar-refractivity contribution in [2.24, 2.45) is 0 Å². The molecule has 2 N–H and O–H groups in total. The maximum Gasteiger partial charge on any atom is 0.514 e. The Hall–Kier alpha value is -0.760. The summed E-state index contributed by atoms with van der Waals surface area (Å²) in [5, 5.41) is 0. The van der Waals surface area contributed by atoms with E-state index < -0.39 is 22.5 Å². The van der Waals surface area contributed by atoms with Crippen LogP contribution in [-0.4, -0.2) is 27.3 Å². The van der Waals surface area contributed by atoms with Crippen molar-refractivity contribution in [3.63, 3.8) is 0 Å². The van der Waals surface area contributed by atoms with E-state index in [2.05, 4.69) is 13.7 Å². The Labute approximate surface area is 83.0 Å². The van der Waals surface area contributed by atoms with Crippen LogP contribution in [0.5, 0.6) is 0 Å². The second kappa shape index (κ2) is 4.65. The van der Waals surface area contributed by atoms with Gasteiger partial charge in [0, 0.05) is 6.42 Å². The molecule has 1 unspecified atom stereocenters. The Morgan fingerprint density at radius 1 is 1.64 bits per heavy atom. The van der Waals surface area contributed by atoms with Crippen LogP contribution in [0.2, 0.25) is 0 Å². The first kappa shape index (κ1) is 11.3. The smallest absolute Gasteiger partial charge is 0.414 e. The maximum absolute atomic E-state index is 10.9. The monoisotopic (exact) mass is 224 g/mol. The third kappa shape index (κ3) is 2.88. The van der Waals surface area contributed by atoms with E-state index in [4.69, 9.17) is 0 Å². The van der Waals surface area contributed by atoms with Gasteiger partial charge in [-0.1, -0.05) is 6.08 Å². The highest BCUT2D eigenvalue weighted by Gasteiger charge is 2.40. The van der Waals surface area contributed by atoms with Gasteiger partial charge in [-0.15, -0.1) is 0 Å². The number of carbonyl (C=O) groups excluding carboxylic acids is 1. The summed E-state index contributed by atoms with van der Waals surface area (Å²) in [6.07, 6.45) is 1.93. The van der Waals surface area contributed by atoms with Crippen LogP contribution in [0.3, 0.4) is 0 Å². The van der Waals surface area contributed by atoms with Crippen molar-refractivity contribution < 1.29 is 27.6 Å². The lowest BCUT2D eigenvalue weighted by Crippen LogP contribution is -2.20. The average Bonchev–Trinajstić information content (AvgIpc) is 2.43. The highest BCUT2D eigenvalue weighted by molar-refractivity contribution is 8.20. The molecule has 0 aromatic carbocycles. The molecular weight excluding hydrogens is 212 g/mol. The molecule has 1 aliphatic heterocycles. The Morgan fingerprint density at radius 2 is 2.36 bits per heavy atom. The lowest BCUT2D eigenvalue weighted by molar-refractivity contribution is 0.0702. The van der Waals surface area contributed by atoms with Crippen molar-refractivity contribution in [3.05, 3.63) is 12.3 Å².